The van der Waals surface area contributed by atoms with E-state index in [2.05, 4.69) is 5.32 Å². The Kier molecular flexibility index (Phi) is 8.74. The van der Waals surface area contributed by atoms with Gasteiger partial charge in [0.05, 0.1) is 19.0 Å². The predicted octanol–water partition coefficient (Wildman–Crippen LogP) is -2.44. The quantitative estimate of drug-likeness (QED) is 0.254. The van der Waals surface area contributed by atoms with Gasteiger partial charge in [-0.05, 0) is 37.0 Å². The Labute approximate surface area is 191 Å². The highest BCUT2D eigenvalue weighted by Gasteiger charge is 2.37. The lowest BCUT2D eigenvalue weighted by Crippen LogP contribution is -2.55. The Bertz CT molecular complexity index is 905. The molecule has 8 N–H and O–H groups in total. The number of hydrogen-bond acceptors (Lipinski definition) is 7. The summed E-state index contributed by atoms with van der Waals surface area (Å²) in [4.78, 5) is 63.3. The van der Waals surface area contributed by atoms with Crippen LogP contribution in [0.3, 0.4) is 0 Å². The first-order chi connectivity index (χ1) is 15.5. The molecule has 0 bridgehead atoms. The van der Waals surface area contributed by atoms with E-state index in [1.54, 1.807) is 12.1 Å². The second-order valence-corrected chi connectivity index (χ2v) is 8.05. The number of phenolic OH excluding ortho intramolecular Hbond substituents is 1. The summed E-state index contributed by atoms with van der Waals surface area (Å²) < 4.78 is 0. The van der Waals surface area contributed by atoms with Gasteiger partial charge in [0.25, 0.3) is 0 Å². The Morgan fingerprint density at radius 3 is 2.39 bits per heavy atom. The van der Waals surface area contributed by atoms with Crippen molar-refractivity contribution < 1.29 is 29.1 Å². The van der Waals surface area contributed by atoms with Crippen molar-refractivity contribution in [3.63, 3.8) is 0 Å². The van der Waals surface area contributed by atoms with Crippen LogP contribution < -0.4 is 22.5 Å². The molecular formula is C21H30N6O6. The maximum Gasteiger partial charge on any atom is 0.246 e. The van der Waals surface area contributed by atoms with E-state index in [4.69, 9.17) is 17.2 Å². The molecule has 1 heterocycles. The summed E-state index contributed by atoms with van der Waals surface area (Å²) in [6.07, 6.45) is 0.684. The number of hydrogen-bond donors (Lipinski definition) is 5. The molecular weight excluding hydrogens is 432 g/mol. The average molecular weight is 463 g/mol. The molecule has 12 nitrogen and oxygen atoms in total. The minimum absolute atomic E-state index is 0.0866. The van der Waals surface area contributed by atoms with Gasteiger partial charge in [0.2, 0.25) is 29.5 Å². The number of nitrogens with one attached hydrogen (secondary N) is 1. The van der Waals surface area contributed by atoms with Crippen LogP contribution in [-0.4, -0.2) is 82.7 Å². The van der Waals surface area contributed by atoms with Gasteiger partial charge in [0.15, 0.2) is 0 Å². The van der Waals surface area contributed by atoms with E-state index < -0.39 is 60.6 Å². The van der Waals surface area contributed by atoms with E-state index in [-0.39, 0.29) is 18.7 Å². The summed E-state index contributed by atoms with van der Waals surface area (Å²) in [5, 5.41) is 11.8. The molecule has 12 heteroatoms. The zero-order valence-corrected chi connectivity index (χ0v) is 18.4. The van der Waals surface area contributed by atoms with Gasteiger partial charge in [-0.15, -0.1) is 0 Å². The van der Waals surface area contributed by atoms with E-state index in [0.29, 0.717) is 12.8 Å². The van der Waals surface area contributed by atoms with Crippen LogP contribution >= 0.6 is 0 Å². The highest BCUT2D eigenvalue weighted by Crippen LogP contribution is 2.18. The third-order valence-electron chi connectivity index (χ3n) is 5.37. The van der Waals surface area contributed by atoms with Gasteiger partial charge in [0.1, 0.15) is 17.8 Å². The number of primary amides is 2. The van der Waals surface area contributed by atoms with Crippen molar-refractivity contribution in [2.24, 2.45) is 17.2 Å². The standard InChI is InChI=1S/C21H30N6O6/c1-26(20(32)14(22)9-12-4-6-13(28)7-5-12)11-18(30)25-15(10-17(23)29)21(33)27-8-2-3-16(27)19(24)31/h4-7,14-16,28H,2-3,8-11,22H2,1H3,(H2,23,29)(H2,24,31)(H,25,30)/t14-,15-,16?/m0/s1. The number of amides is 5. The third-order valence-corrected chi connectivity index (χ3v) is 5.37. The second-order valence-electron chi connectivity index (χ2n) is 8.05. The van der Waals surface area contributed by atoms with E-state index in [9.17, 15) is 29.1 Å². The Hall–Kier alpha value is -3.67. The summed E-state index contributed by atoms with van der Waals surface area (Å²) in [5.74, 6) is -3.24. The minimum atomic E-state index is -1.29. The molecule has 0 aromatic heterocycles. The van der Waals surface area contributed by atoms with E-state index in [1.807, 2.05) is 0 Å². The maximum atomic E-state index is 12.9. The smallest absolute Gasteiger partial charge is 0.246 e. The van der Waals surface area contributed by atoms with E-state index in [0.717, 1.165) is 10.5 Å². The fourth-order valence-electron chi connectivity index (χ4n) is 3.72. The molecule has 3 atom stereocenters. The van der Waals surface area contributed by atoms with Crippen molar-refractivity contribution in [3.8, 4) is 5.75 Å². The van der Waals surface area contributed by atoms with Crippen LogP contribution in [0.25, 0.3) is 0 Å². The SMILES string of the molecule is CN(CC(=O)N[C@@H](CC(N)=O)C(=O)N1CCCC1C(N)=O)C(=O)[C@@H](N)Cc1ccc(O)cc1. The van der Waals surface area contributed by atoms with Crippen LogP contribution in [0, 0.1) is 0 Å². The van der Waals surface area contributed by atoms with E-state index in [1.165, 1.54) is 24.1 Å². The first-order valence-corrected chi connectivity index (χ1v) is 10.5. The van der Waals surface area contributed by atoms with Gasteiger partial charge >= 0.3 is 0 Å². The highest BCUT2D eigenvalue weighted by molar-refractivity contribution is 5.95. The molecule has 0 aliphatic carbocycles. The second kappa shape index (κ2) is 11.3. The summed E-state index contributed by atoms with van der Waals surface area (Å²) in [7, 11) is 1.38. The molecule has 1 aliphatic rings. The summed E-state index contributed by atoms with van der Waals surface area (Å²) in [6, 6.07) is 3.18. The molecule has 1 unspecified atom stereocenters. The van der Waals surface area contributed by atoms with E-state index >= 15 is 0 Å². The van der Waals surface area contributed by atoms with Crippen LogP contribution in [0.1, 0.15) is 24.8 Å². The molecule has 2 rings (SSSR count). The van der Waals surface area contributed by atoms with Crippen molar-refractivity contribution in [1.82, 2.24) is 15.1 Å². The largest absolute Gasteiger partial charge is 0.508 e. The number of aromatic hydroxyl groups is 1. The minimum Gasteiger partial charge on any atom is -0.508 e. The van der Waals surface area contributed by atoms with Gasteiger partial charge < -0.3 is 37.4 Å². The fraction of sp³-hybridized carbons (Fsp3) is 0.476. The lowest BCUT2D eigenvalue weighted by atomic mass is 10.1. The van der Waals surface area contributed by atoms with Gasteiger partial charge in [-0.25, -0.2) is 0 Å². The molecule has 180 valence electrons. The average Bonchev–Trinajstić information content (AvgIpc) is 3.23. The van der Waals surface area contributed by atoms with Crippen molar-refractivity contribution in [2.75, 3.05) is 20.1 Å². The van der Waals surface area contributed by atoms with Gasteiger partial charge in [-0.1, -0.05) is 12.1 Å². The number of likely N-dealkylation sites (tertiary alicyclic amines) is 1. The summed E-state index contributed by atoms with van der Waals surface area (Å²) in [6.45, 7) is -0.147. The molecule has 0 spiro atoms. The predicted molar refractivity (Wildman–Crippen MR) is 117 cm³/mol. The van der Waals surface area contributed by atoms with Crippen molar-refractivity contribution in [1.29, 1.82) is 0 Å². The topological polar surface area (TPSA) is 202 Å². The lowest BCUT2D eigenvalue weighted by Gasteiger charge is -2.28. The normalized spacial score (nSPS) is 17.2. The molecule has 1 aromatic rings. The first-order valence-electron chi connectivity index (χ1n) is 10.5. The van der Waals surface area contributed by atoms with Gasteiger partial charge in [0, 0.05) is 13.6 Å². The van der Waals surface area contributed by atoms with Crippen LogP contribution in [0.5, 0.6) is 5.75 Å². The third kappa shape index (κ3) is 7.17. The molecule has 1 saturated heterocycles. The molecule has 1 fully saturated rings. The number of likely N-dealkylation sites (N-methyl/N-ethyl adjacent to an activating group) is 1. The number of phenols is 1. The number of carbonyl (C=O) groups excluding carboxylic acids is 5. The lowest BCUT2D eigenvalue weighted by molar-refractivity contribution is -0.142. The van der Waals surface area contributed by atoms with Crippen LogP contribution in [0.4, 0.5) is 0 Å². The first kappa shape index (κ1) is 25.6. The molecule has 33 heavy (non-hydrogen) atoms. The van der Waals surface area contributed by atoms with Gasteiger partial charge in [-0.2, -0.15) is 0 Å². The van der Waals surface area contributed by atoms with Crippen LogP contribution in [0.2, 0.25) is 0 Å². The molecule has 1 aliphatic heterocycles. The summed E-state index contributed by atoms with van der Waals surface area (Å²) >= 11 is 0. The number of benzene rings is 1. The Morgan fingerprint density at radius 1 is 1.18 bits per heavy atom. The number of carbonyl (C=O) groups is 5. The maximum absolute atomic E-state index is 12.9. The summed E-state index contributed by atoms with van der Waals surface area (Å²) in [5.41, 5.74) is 17.2. The van der Waals surface area contributed by atoms with Crippen LogP contribution in [0.15, 0.2) is 24.3 Å². The number of nitrogens with two attached hydrogens (primary N) is 3. The monoisotopic (exact) mass is 462 g/mol. The Morgan fingerprint density at radius 2 is 1.82 bits per heavy atom. The molecule has 1 aromatic carbocycles. The van der Waals surface area contributed by atoms with Crippen LogP contribution in [-0.2, 0) is 30.4 Å². The Balaban J connectivity index is 1.98. The highest BCUT2D eigenvalue weighted by atomic mass is 16.3. The zero-order chi connectivity index (χ0) is 24.7. The van der Waals surface area contributed by atoms with Crippen molar-refractivity contribution >= 4 is 29.5 Å². The van der Waals surface area contributed by atoms with Crippen molar-refractivity contribution in [2.45, 2.75) is 43.8 Å². The number of rotatable bonds is 10. The molecule has 0 radical (unpaired) electrons. The van der Waals surface area contributed by atoms with Crippen molar-refractivity contribution in [3.05, 3.63) is 29.8 Å². The van der Waals surface area contributed by atoms with Gasteiger partial charge in [-0.3, -0.25) is 24.0 Å². The molecule has 0 saturated carbocycles. The number of nitrogens with zero attached hydrogens (tertiary/aromatic N) is 2. The molecule has 5 amide bonds. The fourth-order valence-corrected chi connectivity index (χ4v) is 3.72. The zero-order valence-electron chi connectivity index (χ0n) is 18.4.